The topological polar surface area (TPSA) is 47.3 Å². The van der Waals surface area contributed by atoms with Crippen molar-refractivity contribution in [2.24, 2.45) is 5.84 Å². The normalized spacial score (nSPS) is 12.4. The molecule has 3 N–H and O–H groups in total. The fraction of sp³-hybridized carbons (Fsp3) is 0.231. The van der Waals surface area contributed by atoms with E-state index in [1.54, 1.807) is 18.4 Å². The van der Waals surface area contributed by atoms with E-state index in [4.69, 9.17) is 22.2 Å². The molecule has 0 spiro atoms. The van der Waals surface area contributed by atoms with Crippen LogP contribution in [-0.2, 0) is 6.42 Å². The van der Waals surface area contributed by atoms with Gasteiger partial charge in [-0.25, -0.2) is 0 Å². The number of hydrogen-bond acceptors (Lipinski definition) is 4. The zero-order valence-electron chi connectivity index (χ0n) is 10.0. The predicted octanol–water partition coefficient (Wildman–Crippen LogP) is 3.16. The van der Waals surface area contributed by atoms with Gasteiger partial charge in [-0.15, -0.1) is 0 Å². The van der Waals surface area contributed by atoms with E-state index in [2.05, 4.69) is 22.3 Å². The third-order valence-corrected chi connectivity index (χ3v) is 3.84. The summed E-state index contributed by atoms with van der Waals surface area (Å²) in [6.45, 7) is 0. The molecule has 5 heteroatoms. The number of methoxy groups -OCH3 is 1. The van der Waals surface area contributed by atoms with Crippen LogP contribution >= 0.6 is 22.9 Å². The summed E-state index contributed by atoms with van der Waals surface area (Å²) in [6, 6.07) is 7.85. The van der Waals surface area contributed by atoms with Crippen LogP contribution in [0.3, 0.4) is 0 Å². The van der Waals surface area contributed by atoms with Crippen molar-refractivity contribution in [3.8, 4) is 5.75 Å². The van der Waals surface area contributed by atoms with E-state index in [1.165, 1.54) is 5.56 Å². The molecule has 1 aromatic carbocycles. The first kappa shape index (κ1) is 13.4. The second-order valence-corrected chi connectivity index (χ2v) is 5.14. The van der Waals surface area contributed by atoms with Crippen LogP contribution in [0.15, 0.2) is 35.0 Å². The van der Waals surface area contributed by atoms with E-state index in [0.717, 1.165) is 12.0 Å². The van der Waals surface area contributed by atoms with Gasteiger partial charge in [0, 0.05) is 0 Å². The molecule has 1 heterocycles. The molecule has 0 saturated heterocycles. The summed E-state index contributed by atoms with van der Waals surface area (Å²) in [5.41, 5.74) is 5.15. The molecule has 3 nitrogen and oxygen atoms in total. The van der Waals surface area contributed by atoms with Crippen LogP contribution < -0.4 is 16.0 Å². The molecule has 0 aliphatic heterocycles. The van der Waals surface area contributed by atoms with Crippen molar-refractivity contribution in [3.05, 3.63) is 51.2 Å². The fourth-order valence-corrected chi connectivity index (χ4v) is 2.69. The first-order valence-corrected chi connectivity index (χ1v) is 6.87. The molecule has 0 radical (unpaired) electrons. The quantitative estimate of drug-likeness (QED) is 0.654. The molecule has 1 atom stereocenters. The number of hydrazine groups is 1. The second-order valence-electron chi connectivity index (χ2n) is 3.95. The van der Waals surface area contributed by atoms with Crippen molar-refractivity contribution in [2.45, 2.75) is 12.5 Å². The van der Waals surface area contributed by atoms with Crippen LogP contribution in [0.1, 0.15) is 17.2 Å². The summed E-state index contributed by atoms with van der Waals surface area (Å²) in [4.78, 5) is 0. The highest BCUT2D eigenvalue weighted by Gasteiger charge is 2.13. The third-order valence-electron chi connectivity index (χ3n) is 2.80. The number of nitrogens with two attached hydrogens (primary N) is 1. The average Bonchev–Trinajstić information content (AvgIpc) is 2.89. The van der Waals surface area contributed by atoms with E-state index < -0.39 is 0 Å². The Morgan fingerprint density at radius 2 is 2.28 bits per heavy atom. The number of halogens is 1. The van der Waals surface area contributed by atoms with Gasteiger partial charge in [0.1, 0.15) is 5.75 Å². The SMILES string of the molecule is COc1cc(C(Cc2ccsc2)NN)ccc1Cl. The van der Waals surface area contributed by atoms with Crippen molar-refractivity contribution < 1.29 is 4.74 Å². The zero-order chi connectivity index (χ0) is 13.0. The number of nitrogens with one attached hydrogen (secondary N) is 1. The van der Waals surface area contributed by atoms with Crippen LogP contribution in [0.4, 0.5) is 0 Å². The standard InChI is InChI=1S/C13H15ClN2OS/c1-17-13-7-10(2-3-11(13)14)12(16-15)6-9-4-5-18-8-9/h2-5,7-8,12,16H,6,15H2,1H3. The molecule has 0 fully saturated rings. The van der Waals surface area contributed by atoms with Gasteiger partial charge < -0.3 is 4.74 Å². The number of thiophene rings is 1. The van der Waals surface area contributed by atoms with Gasteiger partial charge in [0.05, 0.1) is 18.2 Å². The first-order chi connectivity index (χ1) is 8.74. The van der Waals surface area contributed by atoms with Crippen molar-refractivity contribution >= 4 is 22.9 Å². The Bertz CT molecular complexity index is 502. The lowest BCUT2D eigenvalue weighted by atomic mass is 10.0. The Morgan fingerprint density at radius 3 is 2.89 bits per heavy atom. The highest BCUT2D eigenvalue weighted by atomic mass is 35.5. The average molecular weight is 283 g/mol. The second kappa shape index (κ2) is 6.20. The molecule has 96 valence electrons. The van der Waals surface area contributed by atoms with E-state index in [1.807, 2.05) is 18.2 Å². The predicted molar refractivity (Wildman–Crippen MR) is 76.1 cm³/mol. The van der Waals surface area contributed by atoms with Gasteiger partial charge in [0.2, 0.25) is 0 Å². The van der Waals surface area contributed by atoms with Crippen molar-refractivity contribution in [1.29, 1.82) is 0 Å². The Balaban J connectivity index is 2.21. The largest absolute Gasteiger partial charge is 0.495 e. The number of hydrogen-bond donors (Lipinski definition) is 2. The fourth-order valence-electron chi connectivity index (χ4n) is 1.81. The van der Waals surface area contributed by atoms with Gasteiger partial charge in [-0.3, -0.25) is 11.3 Å². The molecule has 2 rings (SSSR count). The van der Waals surface area contributed by atoms with Crippen LogP contribution in [0.5, 0.6) is 5.75 Å². The van der Waals surface area contributed by atoms with E-state index >= 15 is 0 Å². The molecule has 1 aromatic heterocycles. The number of ether oxygens (including phenoxy) is 1. The van der Waals surface area contributed by atoms with Crippen molar-refractivity contribution in [2.75, 3.05) is 7.11 Å². The molecule has 0 saturated carbocycles. The van der Waals surface area contributed by atoms with Gasteiger partial charge in [0.25, 0.3) is 0 Å². The minimum Gasteiger partial charge on any atom is -0.495 e. The van der Waals surface area contributed by atoms with Crippen LogP contribution in [0.2, 0.25) is 5.02 Å². The summed E-state index contributed by atoms with van der Waals surface area (Å²) >= 11 is 7.69. The highest BCUT2D eigenvalue weighted by molar-refractivity contribution is 7.07. The molecule has 1 unspecified atom stereocenters. The Morgan fingerprint density at radius 1 is 1.44 bits per heavy atom. The van der Waals surface area contributed by atoms with Crippen molar-refractivity contribution in [1.82, 2.24) is 5.43 Å². The van der Waals surface area contributed by atoms with Crippen molar-refractivity contribution in [3.63, 3.8) is 0 Å². The minimum atomic E-state index is 0.0470. The molecule has 0 amide bonds. The summed E-state index contributed by atoms with van der Waals surface area (Å²) in [7, 11) is 1.61. The van der Waals surface area contributed by atoms with Crippen LogP contribution in [0, 0.1) is 0 Å². The van der Waals surface area contributed by atoms with Gasteiger partial charge in [-0.05, 0) is 46.5 Å². The molecule has 0 aliphatic rings. The molecule has 2 aromatic rings. The van der Waals surface area contributed by atoms with E-state index in [0.29, 0.717) is 10.8 Å². The lowest BCUT2D eigenvalue weighted by molar-refractivity contribution is 0.413. The maximum Gasteiger partial charge on any atom is 0.137 e. The first-order valence-electron chi connectivity index (χ1n) is 5.55. The monoisotopic (exact) mass is 282 g/mol. The molecular formula is C13H15ClN2OS. The lowest BCUT2D eigenvalue weighted by Gasteiger charge is -2.17. The summed E-state index contributed by atoms with van der Waals surface area (Å²) in [6.07, 6.45) is 0.838. The molecule has 18 heavy (non-hydrogen) atoms. The summed E-state index contributed by atoms with van der Waals surface area (Å²) in [5.74, 6) is 6.30. The van der Waals surface area contributed by atoms with Gasteiger partial charge in [-0.1, -0.05) is 17.7 Å². The van der Waals surface area contributed by atoms with E-state index in [-0.39, 0.29) is 6.04 Å². The van der Waals surface area contributed by atoms with E-state index in [9.17, 15) is 0 Å². The van der Waals surface area contributed by atoms with Gasteiger partial charge >= 0.3 is 0 Å². The number of rotatable bonds is 5. The molecule has 0 aliphatic carbocycles. The summed E-state index contributed by atoms with van der Waals surface area (Å²) in [5, 5.41) is 4.79. The zero-order valence-corrected chi connectivity index (χ0v) is 11.6. The highest BCUT2D eigenvalue weighted by Crippen LogP contribution is 2.29. The van der Waals surface area contributed by atoms with Gasteiger partial charge in [0.15, 0.2) is 0 Å². The smallest absolute Gasteiger partial charge is 0.137 e. The Kier molecular flexibility index (Phi) is 4.60. The Labute approximate surface area is 116 Å². The molecular weight excluding hydrogens is 268 g/mol. The minimum absolute atomic E-state index is 0.0470. The van der Waals surface area contributed by atoms with Crippen LogP contribution in [0.25, 0.3) is 0 Å². The Hall–Kier alpha value is -1.07. The van der Waals surface area contributed by atoms with Crippen LogP contribution in [-0.4, -0.2) is 7.11 Å². The third kappa shape index (κ3) is 3.03. The van der Waals surface area contributed by atoms with Gasteiger partial charge in [-0.2, -0.15) is 11.3 Å². The maximum atomic E-state index is 6.01. The summed E-state index contributed by atoms with van der Waals surface area (Å²) < 4.78 is 5.22. The number of benzene rings is 1. The maximum absolute atomic E-state index is 6.01. The molecule has 0 bridgehead atoms. The lowest BCUT2D eigenvalue weighted by Crippen LogP contribution is -2.29.